The van der Waals surface area contributed by atoms with Gasteiger partial charge >= 0.3 is 7.99 Å². The Morgan fingerprint density at radius 3 is 2.40 bits per heavy atom. The van der Waals surface area contributed by atoms with Gasteiger partial charge in [0, 0.05) is 0 Å². The third-order valence-electron chi connectivity index (χ3n) is 0.507. The number of hydrogen-bond donors (Lipinski definition) is 0. The van der Waals surface area contributed by atoms with E-state index in [1.54, 1.807) is 13.8 Å². The first-order valence-electron chi connectivity index (χ1n) is 2.48. The minimum absolute atomic E-state index is 0.511. The van der Waals surface area contributed by atoms with Crippen molar-refractivity contribution in [1.82, 2.24) is 0 Å². The van der Waals surface area contributed by atoms with E-state index in [-0.39, 0.29) is 0 Å². The lowest BCUT2D eigenvalue weighted by Gasteiger charge is -1.94. The summed E-state index contributed by atoms with van der Waals surface area (Å²) < 4.78 is 36.3. The van der Waals surface area contributed by atoms with Crippen LogP contribution in [-0.2, 0) is 8.78 Å². The molecule has 0 unspecified atom stereocenters. The highest BCUT2D eigenvalue weighted by Crippen LogP contribution is 2.49. The highest BCUT2D eigenvalue weighted by Gasteiger charge is 2.18. The standard InChI is InChI=1S/C4H7F2O2PSi/c1-4(2)3-10-8-9(5,6)7/h3H,1-2H3. The maximum Gasteiger partial charge on any atom is 0.541 e. The van der Waals surface area contributed by atoms with E-state index >= 15 is 0 Å². The molecule has 0 aliphatic rings. The molecule has 0 saturated carbocycles. The summed E-state index contributed by atoms with van der Waals surface area (Å²) >= 11 is 0. The second kappa shape index (κ2) is 4.01. The molecule has 0 fully saturated rings. The summed E-state index contributed by atoms with van der Waals surface area (Å²) in [6, 6.07) is 0. The molecule has 0 aliphatic heterocycles. The van der Waals surface area contributed by atoms with Crippen LogP contribution in [0.15, 0.2) is 11.3 Å². The molecule has 0 saturated heterocycles. The molecule has 0 aromatic carbocycles. The maximum atomic E-state index is 11.5. The van der Waals surface area contributed by atoms with Crippen LogP contribution in [0, 0.1) is 0 Å². The first-order chi connectivity index (χ1) is 4.42. The van der Waals surface area contributed by atoms with Crippen LogP contribution < -0.4 is 0 Å². The summed E-state index contributed by atoms with van der Waals surface area (Å²) in [7, 11) is -5.77. The monoisotopic (exact) mass is 184 g/mol. The van der Waals surface area contributed by atoms with Crippen LogP contribution in [0.3, 0.4) is 0 Å². The molecule has 6 heteroatoms. The maximum absolute atomic E-state index is 11.5. The molecule has 0 bridgehead atoms. The van der Waals surface area contributed by atoms with Gasteiger partial charge in [0.05, 0.1) is 0 Å². The van der Waals surface area contributed by atoms with Crippen LogP contribution in [0.1, 0.15) is 13.8 Å². The number of allylic oxidation sites excluding steroid dienone is 1. The molecule has 58 valence electrons. The van der Waals surface area contributed by atoms with Crippen molar-refractivity contribution in [2.24, 2.45) is 0 Å². The molecule has 10 heavy (non-hydrogen) atoms. The van der Waals surface area contributed by atoms with E-state index in [1.807, 2.05) is 0 Å². The van der Waals surface area contributed by atoms with Gasteiger partial charge in [-0.25, -0.2) is 4.57 Å². The Morgan fingerprint density at radius 1 is 1.60 bits per heavy atom. The zero-order chi connectivity index (χ0) is 8.20. The van der Waals surface area contributed by atoms with Crippen LogP contribution in [0.4, 0.5) is 8.39 Å². The topological polar surface area (TPSA) is 26.3 Å². The predicted molar refractivity (Wildman–Crippen MR) is 36.1 cm³/mol. The smallest absolute Gasteiger partial charge is 0.319 e. The quantitative estimate of drug-likeness (QED) is 0.497. The molecule has 0 aromatic heterocycles. The number of halogens is 2. The van der Waals surface area contributed by atoms with Crippen LogP contribution in [0.25, 0.3) is 0 Å². The molecule has 0 N–H and O–H groups in total. The Labute approximate surface area is 60.9 Å². The molecule has 2 radical (unpaired) electrons. The van der Waals surface area contributed by atoms with Crippen molar-refractivity contribution in [1.29, 1.82) is 0 Å². The molecule has 0 aromatic rings. The van der Waals surface area contributed by atoms with E-state index in [1.165, 1.54) is 5.70 Å². The van der Waals surface area contributed by atoms with Gasteiger partial charge in [-0.3, -0.25) is 0 Å². The molecule has 0 spiro atoms. The van der Waals surface area contributed by atoms with Crippen molar-refractivity contribution >= 4 is 17.8 Å². The third kappa shape index (κ3) is 8.01. The number of rotatable bonds is 3. The normalized spacial score (nSPS) is 11.2. The summed E-state index contributed by atoms with van der Waals surface area (Å²) in [5.74, 6) is 0. The third-order valence-corrected chi connectivity index (χ3v) is 2.47. The van der Waals surface area contributed by atoms with Gasteiger partial charge < -0.3 is 4.21 Å². The summed E-state index contributed by atoms with van der Waals surface area (Å²) in [5, 5.41) is 0. The van der Waals surface area contributed by atoms with Gasteiger partial charge in [-0.05, 0) is 13.8 Å². The zero-order valence-corrected chi connectivity index (χ0v) is 7.49. The van der Waals surface area contributed by atoms with Gasteiger partial charge in [-0.1, -0.05) is 11.3 Å². The van der Waals surface area contributed by atoms with Crippen LogP contribution >= 0.6 is 7.99 Å². The van der Waals surface area contributed by atoms with Gasteiger partial charge in [-0.2, -0.15) is 0 Å². The molecular formula is C4H7F2O2PSi. The lowest BCUT2D eigenvalue weighted by Crippen LogP contribution is -1.88. The fourth-order valence-electron chi connectivity index (χ4n) is 0.206. The van der Waals surface area contributed by atoms with Gasteiger partial charge in [0.1, 0.15) is 0 Å². The minimum atomic E-state index is -5.25. The summed E-state index contributed by atoms with van der Waals surface area (Å²) in [4.78, 5) is 0. The van der Waals surface area contributed by atoms with Crippen molar-refractivity contribution in [2.45, 2.75) is 13.8 Å². The van der Waals surface area contributed by atoms with E-state index in [2.05, 4.69) is 4.21 Å². The molecule has 0 atom stereocenters. The Kier molecular flexibility index (Phi) is 4.01. The molecular weight excluding hydrogens is 177 g/mol. The van der Waals surface area contributed by atoms with E-state index < -0.39 is 17.8 Å². The van der Waals surface area contributed by atoms with Crippen molar-refractivity contribution < 1.29 is 17.2 Å². The van der Waals surface area contributed by atoms with Crippen molar-refractivity contribution in [3.63, 3.8) is 0 Å². The summed E-state index contributed by atoms with van der Waals surface area (Å²) in [6.07, 6.45) is 0. The van der Waals surface area contributed by atoms with Crippen LogP contribution in [0.5, 0.6) is 0 Å². The van der Waals surface area contributed by atoms with E-state index in [0.29, 0.717) is 0 Å². The first-order valence-corrected chi connectivity index (χ1v) is 4.88. The molecule has 0 aliphatic carbocycles. The van der Waals surface area contributed by atoms with E-state index in [0.717, 1.165) is 5.57 Å². The Hall–Kier alpha value is 0.00688. The molecule has 0 heterocycles. The van der Waals surface area contributed by atoms with E-state index in [4.69, 9.17) is 0 Å². The average Bonchev–Trinajstić information content (AvgIpc) is 1.59. The van der Waals surface area contributed by atoms with Crippen molar-refractivity contribution in [3.05, 3.63) is 11.3 Å². The van der Waals surface area contributed by atoms with E-state index in [9.17, 15) is 13.0 Å². The summed E-state index contributed by atoms with van der Waals surface area (Å²) in [6.45, 7) is 3.50. The largest absolute Gasteiger partial charge is 0.541 e. The fourth-order valence-corrected chi connectivity index (χ4v) is 1.14. The second-order valence-corrected chi connectivity index (χ2v) is 3.93. The minimum Gasteiger partial charge on any atom is -0.319 e. The molecule has 0 amide bonds. The average molecular weight is 184 g/mol. The summed E-state index contributed by atoms with van der Waals surface area (Å²) in [5.41, 5.74) is 2.33. The van der Waals surface area contributed by atoms with Crippen LogP contribution in [0.2, 0.25) is 0 Å². The molecule has 2 nitrogen and oxygen atoms in total. The zero-order valence-electron chi connectivity index (χ0n) is 5.60. The predicted octanol–water partition coefficient (Wildman–Crippen LogP) is 2.59. The Balaban J connectivity index is 3.58. The highest BCUT2D eigenvalue weighted by atomic mass is 31.2. The lowest BCUT2D eigenvalue weighted by atomic mass is 10.4. The Morgan fingerprint density at radius 2 is 2.10 bits per heavy atom. The SMILES string of the molecule is CC(C)=C[Si]OP(=O)(F)F. The Bertz CT molecular complexity index is 172. The van der Waals surface area contributed by atoms with Crippen LogP contribution in [-0.4, -0.2) is 9.76 Å². The second-order valence-electron chi connectivity index (χ2n) is 1.85. The lowest BCUT2D eigenvalue weighted by molar-refractivity contribution is 0.395. The van der Waals surface area contributed by atoms with Gasteiger partial charge in [0.25, 0.3) is 9.76 Å². The van der Waals surface area contributed by atoms with Crippen molar-refractivity contribution in [2.75, 3.05) is 0 Å². The van der Waals surface area contributed by atoms with Gasteiger partial charge in [0.2, 0.25) is 0 Å². The number of hydrogen-bond acceptors (Lipinski definition) is 2. The van der Waals surface area contributed by atoms with Gasteiger partial charge in [0.15, 0.2) is 0 Å². The van der Waals surface area contributed by atoms with Crippen molar-refractivity contribution in [3.8, 4) is 0 Å². The van der Waals surface area contributed by atoms with Gasteiger partial charge in [-0.15, -0.1) is 8.39 Å². The fraction of sp³-hybridized carbons (Fsp3) is 0.500. The highest BCUT2D eigenvalue weighted by molar-refractivity contribution is 7.48. The first kappa shape index (κ1) is 10.0. The molecule has 0 rings (SSSR count).